The summed E-state index contributed by atoms with van der Waals surface area (Å²) in [7, 11) is 0. The van der Waals surface area contributed by atoms with E-state index in [9.17, 15) is 9.59 Å². The van der Waals surface area contributed by atoms with Crippen molar-refractivity contribution in [2.24, 2.45) is 5.92 Å². The van der Waals surface area contributed by atoms with Gasteiger partial charge in [0.1, 0.15) is 0 Å². The molecule has 0 aromatic heterocycles. The van der Waals surface area contributed by atoms with Gasteiger partial charge in [-0.05, 0) is 32.3 Å². The summed E-state index contributed by atoms with van der Waals surface area (Å²) in [6.07, 6.45) is 1.54. The molecule has 0 aliphatic carbocycles. The van der Waals surface area contributed by atoms with Gasteiger partial charge in [0.25, 0.3) is 0 Å². The number of carbonyl (C=O) groups excluding carboxylic acids is 2. The maximum absolute atomic E-state index is 12.9. The maximum atomic E-state index is 12.9. The Morgan fingerprint density at radius 1 is 0.963 bits per heavy atom. The molecule has 2 heterocycles. The molecule has 1 aromatic rings. The number of hydrogen-bond acceptors (Lipinski definition) is 3. The summed E-state index contributed by atoms with van der Waals surface area (Å²) in [4.78, 5) is 31.2. The topological polar surface area (TPSA) is 55.9 Å². The fourth-order valence-electron chi connectivity index (χ4n) is 3.89. The van der Waals surface area contributed by atoms with Gasteiger partial charge >= 0.3 is 6.03 Å². The zero-order valence-electron chi connectivity index (χ0n) is 16.6. The van der Waals surface area contributed by atoms with Crippen LogP contribution in [0.1, 0.15) is 32.3 Å². The summed E-state index contributed by atoms with van der Waals surface area (Å²) in [5.41, 5.74) is 1.32. The van der Waals surface area contributed by atoms with Gasteiger partial charge in [-0.1, -0.05) is 30.3 Å². The predicted octanol–water partition coefficient (Wildman–Crippen LogP) is 2.16. The minimum atomic E-state index is -0.00887. The van der Waals surface area contributed by atoms with Crippen LogP contribution >= 0.6 is 0 Å². The number of piperidine rings is 1. The molecule has 1 N–H and O–H groups in total. The summed E-state index contributed by atoms with van der Waals surface area (Å²) < 4.78 is 0. The molecule has 0 unspecified atom stereocenters. The fourth-order valence-corrected chi connectivity index (χ4v) is 3.89. The van der Waals surface area contributed by atoms with Crippen molar-refractivity contribution in [1.82, 2.24) is 20.0 Å². The first kappa shape index (κ1) is 19.7. The largest absolute Gasteiger partial charge is 0.340 e. The minimum Gasteiger partial charge on any atom is -0.340 e. The molecular formula is C21H32N4O2. The predicted molar refractivity (Wildman–Crippen MR) is 106 cm³/mol. The third-order valence-corrected chi connectivity index (χ3v) is 5.48. The van der Waals surface area contributed by atoms with E-state index in [1.54, 1.807) is 0 Å². The van der Waals surface area contributed by atoms with Crippen molar-refractivity contribution in [3.05, 3.63) is 35.9 Å². The van der Waals surface area contributed by atoms with Gasteiger partial charge in [-0.15, -0.1) is 0 Å². The van der Waals surface area contributed by atoms with Gasteiger partial charge in [-0.3, -0.25) is 9.69 Å². The van der Waals surface area contributed by atoms with Crippen molar-refractivity contribution in [1.29, 1.82) is 0 Å². The average molecular weight is 373 g/mol. The third-order valence-electron chi connectivity index (χ3n) is 5.48. The van der Waals surface area contributed by atoms with Crippen LogP contribution in [-0.4, -0.2) is 71.9 Å². The first-order valence-corrected chi connectivity index (χ1v) is 10.1. The highest BCUT2D eigenvalue weighted by atomic mass is 16.2. The molecule has 0 radical (unpaired) electrons. The molecule has 6 nitrogen and oxygen atoms in total. The number of benzene rings is 1. The van der Waals surface area contributed by atoms with Crippen LogP contribution < -0.4 is 5.32 Å². The first-order chi connectivity index (χ1) is 13.0. The van der Waals surface area contributed by atoms with Crippen LogP contribution in [0, 0.1) is 5.92 Å². The van der Waals surface area contributed by atoms with Crippen LogP contribution in [0.2, 0.25) is 0 Å². The lowest BCUT2D eigenvalue weighted by Gasteiger charge is -2.38. The molecule has 2 aliphatic rings. The molecule has 2 aliphatic heterocycles. The van der Waals surface area contributed by atoms with Crippen LogP contribution in [0.5, 0.6) is 0 Å². The molecule has 27 heavy (non-hydrogen) atoms. The smallest absolute Gasteiger partial charge is 0.317 e. The van der Waals surface area contributed by atoms with Gasteiger partial charge in [0.05, 0.1) is 0 Å². The summed E-state index contributed by atoms with van der Waals surface area (Å²) in [6.45, 7) is 9.68. The van der Waals surface area contributed by atoms with Crippen molar-refractivity contribution in [3.63, 3.8) is 0 Å². The second-order valence-corrected chi connectivity index (χ2v) is 7.95. The van der Waals surface area contributed by atoms with Crippen molar-refractivity contribution < 1.29 is 9.59 Å². The normalized spacial score (nSPS) is 19.4. The van der Waals surface area contributed by atoms with Gasteiger partial charge < -0.3 is 15.1 Å². The number of rotatable bonds is 4. The Morgan fingerprint density at radius 3 is 2.19 bits per heavy atom. The van der Waals surface area contributed by atoms with E-state index in [-0.39, 0.29) is 23.9 Å². The summed E-state index contributed by atoms with van der Waals surface area (Å²) in [5, 5.41) is 2.93. The summed E-state index contributed by atoms with van der Waals surface area (Å²) >= 11 is 0. The van der Waals surface area contributed by atoms with Gasteiger partial charge in [0.2, 0.25) is 5.91 Å². The first-order valence-electron chi connectivity index (χ1n) is 10.1. The Labute approximate surface area is 162 Å². The summed E-state index contributed by atoms with van der Waals surface area (Å²) in [5.74, 6) is 0.340. The number of urea groups is 1. The van der Waals surface area contributed by atoms with Gasteiger partial charge in [0, 0.05) is 57.8 Å². The Morgan fingerprint density at radius 2 is 1.59 bits per heavy atom. The SMILES string of the molecule is CC(C)NC(=O)N1CCC(C(=O)N2CCN(Cc3ccccc3)CC2)CC1. The third kappa shape index (κ3) is 5.45. The van der Waals surface area contributed by atoms with Crippen LogP contribution in [-0.2, 0) is 11.3 Å². The lowest BCUT2D eigenvalue weighted by Crippen LogP contribution is -2.52. The van der Waals surface area contributed by atoms with Crippen molar-refractivity contribution in [3.8, 4) is 0 Å². The highest BCUT2D eigenvalue weighted by Crippen LogP contribution is 2.21. The maximum Gasteiger partial charge on any atom is 0.317 e. The Hall–Kier alpha value is -2.08. The molecule has 1 aromatic carbocycles. The lowest BCUT2D eigenvalue weighted by molar-refractivity contribution is -0.138. The standard InChI is InChI=1S/C21H32N4O2/c1-17(2)22-21(27)25-10-8-19(9-11-25)20(26)24-14-12-23(13-15-24)16-18-6-4-3-5-7-18/h3-7,17,19H,8-16H2,1-2H3,(H,22,27). The van der Waals surface area contributed by atoms with Gasteiger partial charge in [-0.2, -0.15) is 0 Å². The van der Waals surface area contributed by atoms with Crippen LogP contribution in [0.3, 0.4) is 0 Å². The van der Waals surface area contributed by atoms with Crippen LogP contribution in [0.25, 0.3) is 0 Å². The molecule has 0 bridgehead atoms. The minimum absolute atomic E-state index is 0.00887. The van der Waals surface area contributed by atoms with Gasteiger partial charge in [-0.25, -0.2) is 4.79 Å². The van der Waals surface area contributed by atoms with Gasteiger partial charge in [0.15, 0.2) is 0 Å². The second-order valence-electron chi connectivity index (χ2n) is 7.95. The zero-order chi connectivity index (χ0) is 19.2. The molecule has 2 fully saturated rings. The highest BCUT2D eigenvalue weighted by molar-refractivity contribution is 5.80. The second kappa shape index (κ2) is 9.22. The number of likely N-dealkylation sites (tertiary alicyclic amines) is 1. The molecule has 6 heteroatoms. The number of amides is 3. The highest BCUT2D eigenvalue weighted by Gasteiger charge is 2.31. The molecule has 3 rings (SSSR count). The Kier molecular flexibility index (Phi) is 6.72. The van der Waals surface area contributed by atoms with E-state index in [1.165, 1.54) is 5.56 Å². The molecule has 0 saturated carbocycles. The van der Waals surface area contributed by atoms with Crippen molar-refractivity contribution in [2.75, 3.05) is 39.3 Å². The van der Waals surface area contributed by atoms with E-state index < -0.39 is 0 Å². The molecule has 0 spiro atoms. The number of nitrogens with one attached hydrogen (secondary N) is 1. The van der Waals surface area contributed by atoms with Crippen LogP contribution in [0.15, 0.2) is 30.3 Å². The fraction of sp³-hybridized carbons (Fsp3) is 0.619. The van der Waals surface area contributed by atoms with E-state index >= 15 is 0 Å². The Bertz CT molecular complexity index is 618. The van der Waals surface area contributed by atoms with E-state index in [4.69, 9.17) is 0 Å². The molecular weight excluding hydrogens is 340 g/mol. The van der Waals surface area contributed by atoms with Crippen LogP contribution in [0.4, 0.5) is 4.79 Å². The van der Waals surface area contributed by atoms with Crippen molar-refractivity contribution in [2.45, 2.75) is 39.3 Å². The molecule has 0 atom stereocenters. The lowest BCUT2D eigenvalue weighted by atomic mass is 9.95. The molecule has 3 amide bonds. The number of carbonyl (C=O) groups is 2. The average Bonchev–Trinajstić information content (AvgIpc) is 2.68. The molecule has 148 valence electrons. The van der Waals surface area contributed by atoms with E-state index in [1.807, 2.05) is 29.7 Å². The molecule has 2 saturated heterocycles. The summed E-state index contributed by atoms with van der Waals surface area (Å²) in [6, 6.07) is 10.6. The van der Waals surface area contributed by atoms with E-state index in [0.29, 0.717) is 13.1 Å². The number of nitrogens with zero attached hydrogens (tertiary/aromatic N) is 3. The van der Waals surface area contributed by atoms with E-state index in [0.717, 1.165) is 45.6 Å². The Balaban J connectivity index is 1.41. The van der Waals surface area contributed by atoms with Crippen molar-refractivity contribution >= 4 is 11.9 Å². The quantitative estimate of drug-likeness (QED) is 0.881. The van der Waals surface area contributed by atoms with E-state index in [2.05, 4.69) is 34.5 Å². The zero-order valence-corrected chi connectivity index (χ0v) is 16.6. The number of hydrogen-bond donors (Lipinski definition) is 1. The number of piperazine rings is 1. The monoisotopic (exact) mass is 372 g/mol.